The van der Waals surface area contributed by atoms with Crippen LogP contribution in [-0.2, 0) is 29.6 Å². The summed E-state index contributed by atoms with van der Waals surface area (Å²) in [7, 11) is 0. The number of carbonyl (C=O) groups excluding carboxylic acids is 3. The molecule has 2 amide bonds. The molecule has 9 heteroatoms. The molecule has 1 aromatic carbocycles. The number of rotatable bonds is 10. The second-order valence-corrected chi connectivity index (χ2v) is 9.38. The molecule has 2 saturated heterocycles. The Morgan fingerprint density at radius 2 is 1.97 bits per heavy atom. The second kappa shape index (κ2) is 11.6. The molecule has 30 heavy (non-hydrogen) atoms. The number of hydrogen-bond acceptors (Lipinski definition) is 7. The first-order valence-electron chi connectivity index (χ1n) is 10.2. The van der Waals surface area contributed by atoms with Crippen LogP contribution in [0.3, 0.4) is 0 Å². The molecule has 3 rings (SSSR count). The Morgan fingerprint density at radius 1 is 1.23 bits per heavy atom. The molecule has 0 aromatic heterocycles. The van der Waals surface area contributed by atoms with Crippen LogP contribution in [0.1, 0.15) is 18.9 Å². The smallest absolute Gasteiger partial charge is 0.338 e. The number of hydrogen-bond donors (Lipinski definition) is 1. The Balaban J connectivity index is 1.53. The van der Waals surface area contributed by atoms with Gasteiger partial charge < -0.3 is 19.7 Å². The van der Waals surface area contributed by atoms with E-state index >= 15 is 0 Å². The van der Waals surface area contributed by atoms with Crippen LogP contribution >= 0.6 is 23.5 Å². The lowest BCUT2D eigenvalue weighted by atomic mass is 10.1. The summed E-state index contributed by atoms with van der Waals surface area (Å²) in [6.07, 6.45) is -1.20. The van der Waals surface area contributed by atoms with Crippen molar-refractivity contribution < 1.29 is 23.9 Å². The van der Waals surface area contributed by atoms with Crippen LogP contribution in [0.2, 0.25) is 0 Å². The molecule has 1 aromatic rings. The number of nitrogens with one attached hydrogen (secondary N) is 1. The molecule has 2 fully saturated rings. The van der Waals surface area contributed by atoms with Crippen molar-refractivity contribution in [2.75, 3.05) is 37.0 Å². The minimum atomic E-state index is -0.867. The highest BCUT2D eigenvalue weighted by atomic mass is 32.2. The predicted molar refractivity (Wildman–Crippen MR) is 118 cm³/mol. The fourth-order valence-electron chi connectivity index (χ4n) is 3.20. The Labute approximate surface area is 185 Å². The molecule has 2 aliphatic heterocycles. The number of esters is 1. The van der Waals surface area contributed by atoms with Gasteiger partial charge in [0.2, 0.25) is 5.91 Å². The van der Waals surface area contributed by atoms with E-state index in [-0.39, 0.29) is 12.5 Å². The van der Waals surface area contributed by atoms with Crippen molar-refractivity contribution in [1.29, 1.82) is 0 Å². The van der Waals surface area contributed by atoms with E-state index in [4.69, 9.17) is 9.47 Å². The molecule has 164 valence electrons. The SMILES string of the molecule is CCOC(=O)[C@H]1O[C@@H]1C(=O)N[C@@H](CCSCc1ccccc1)C(=O)N1CCSCC1. The van der Waals surface area contributed by atoms with Gasteiger partial charge in [0.05, 0.1) is 6.61 Å². The van der Waals surface area contributed by atoms with Crippen LogP contribution in [0.5, 0.6) is 0 Å². The molecule has 3 atom stereocenters. The predicted octanol–water partition coefficient (Wildman–Crippen LogP) is 1.70. The van der Waals surface area contributed by atoms with Crippen molar-refractivity contribution in [2.24, 2.45) is 0 Å². The average Bonchev–Trinajstić information content (AvgIpc) is 3.58. The fourth-order valence-corrected chi connectivity index (χ4v) is 5.07. The van der Waals surface area contributed by atoms with E-state index in [0.717, 1.165) is 23.0 Å². The van der Waals surface area contributed by atoms with Gasteiger partial charge in [-0.15, -0.1) is 0 Å². The second-order valence-electron chi connectivity index (χ2n) is 7.06. The van der Waals surface area contributed by atoms with Gasteiger partial charge in [0.25, 0.3) is 5.91 Å². The molecule has 0 bridgehead atoms. The van der Waals surface area contributed by atoms with Gasteiger partial charge in [-0.2, -0.15) is 23.5 Å². The zero-order valence-electron chi connectivity index (χ0n) is 17.1. The first-order valence-corrected chi connectivity index (χ1v) is 12.5. The van der Waals surface area contributed by atoms with Crippen molar-refractivity contribution >= 4 is 41.3 Å². The van der Waals surface area contributed by atoms with Gasteiger partial charge >= 0.3 is 5.97 Å². The Hall–Kier alpha value is -1.71. The molecule has 2 heterocycles. The monoisotopic (exact) mass is 452 g/mol. The van der Waals surface area contributed by atoms with Gasteiger partial charge in [-0.25, -0.2) is 4.79 Å². The third-order valence-electron chi connectivity index (χ3n) is 4.87. The Bertz CT molecular complexity index is 727. The maximum absolute atomic E-state index is 13.0. The van der Waals surface area contributed by atoms with Gasteiger partial charge in [0.1, 0.15) is 6.04 Å². The van der Waals surface area contributed by atoms with Gasteiger partial charge in [-0.1, -0.05) is 30.3 Å². The number of benzene rings is 1. The molecule has 0 radical (unpaired) electrons. The summed E-state index contributed by atoms with van der Waals surface area (Å²) in [5.74, 6) is 2.39. The minimum Gasteiger partial charge on any atom is -0.464 e. The summed E-state index contributed by atoms with van der Waals surface area (Å²) in [4.78, 5) is 39.1. The Morgan fingerprint density at radius 3 is 2.67 bits per heavy atom. The van der Waals surface area contributed by atoms with Gasteiger partial charge in [0.15, 0.2) is 12.2 Å². The number of epoxide rings is 1. The molecule has 2 aliphatic rings. The number of amides is 2. The van der Waals surface area contributed by atoms with Crippen molar-refractivity contribution in [3.05, 3.63) is 35.9 Å². The third kappa shape index (κ3) is 6.65. The summed E-state index contributed by atoms with van der Waals surface area (Å²) in [6.45, 7) is 3.32. The van der Waals surface area contributed by atoms with E-state index in [9.17, 15) is 14.4 Å². The highest BCUT2D eigenvalue weighted by Gasteiger charge is 2.52. The molecular formula is C21H28N2O5S2. The topological polar surface area (TPSA) is 88.2 Å². The van der Waals surface area contributed by atoms with Crippen molar-refractivity contribution in [2.45, 2.75) is 37.3 Å². The van der Waals surface area contributed by atoms with E-state index < -0.39 is 30.1 Å². The number of nitrogens with zero attached hydrogens (tertiary/aromatic N) is 1. The van der Waals surface area contributed by atoms with Crippen LogP contribution < -0.4 is 5.32 Å². The summed E-state index contributed by atoms with van der Waals surface area (Å²) in [5.41, 5.74) is 1.23. The van der Waals surface area contributed by atoms with E-state index in [1.54, 1.807) is 18.7 Å². The van der Waals surface area contributed by atoms with Gasteiger partial charge in [0, 0.05) is 30.3 Å². The van der Waals surface area contributed by atoms with Crippen LogP contribution in [0.15, 0.2) is 30.3 Å². The summed E-state index contributed by atoms with van der Waals surface area (Å²) < 4.78 is 10.1. The highest BCUT2D eigenvalue weighted by molar-refractivity contribution is 7.99. The van der Waals surface area contributed by atoms with Crippen LogP contribution in [0.4, 0.5) is 0 Å². The molecule has 1 N–H and O–H groups in total. The van der Waals surface area contributed by atoms with Crippen LogP contribution in [0.25, 0.3) is 0 Å². The van der Waals surface area contributed by atoms with Crippen molar-refractivity contribution in [1.82, 2.24) is 10.2 Å². The molecule has 7 nitrogen and oxygen atoms in total. The Kier molecular flexibility index (Phi) is 8.89. The van der Waals surface area contributed by atoms with Crippen LogP contribution in [-0.4, -0.2) is 77.9 Å². The molecular weight excluding hydrogens is 424 g/mol. The third-order valence-corrected chi connectivity index (χ3v) is 6.87. The fraction of sp³-hybridized carbons (Fsp3) is 0.571. The average molecular weight is 453 g/mol. The summed E-state index contributed by atoms with van der Waals surface area (Å²) in [5, 5.41) is 2.82. The summed E-state index contributed by atoms with van der Waals surface area (Å²) in [6, 6.07) is 9.53. The zero-order chi connectivity index (χ0) is 21.3. The normalized spacial score (nSPS) is 21.6. The van der Waals surface area contributed by atoms with E-state index in [2.05, 4.69) is 17.4 Å². The minimum absolute atomic E-state index is 0.0581. The van der Waals surface area contributed by atoms with E-state index in [1.807, 2.05) is 34.9 Å². The molecule has 0 unspecified atom stereocenters. The number of ether oxygens (including phenoxy) is 2. The van der Waals surface area contributed by atoms with E-state index in [1.165, 1.54) is 5.56 Å². The lowest BCUT2D eigenvalue weighted by Crippen LogP contribution is -2.52. The zero-order valence-corrected chi connectivity index (χ0v) is 18.7. The first kappa shape index (κ1) is 23.0. The highest BCUT2D eigenvalue weighted by Crippen LogP contribution is 2.24. The first-order chi connectivity index (χ1) is 14.6. The lowest BCUT2D eigenvalue weighted by molar-refractivity contribution is -0.144. The molecule has 0 spiro atoms. The number of thioether (sulfide) groups is 2. The number of carbonyl (C=O) groups is 3. The van der Waals surface area contributed by atoms with Gasteiger partial charge in [-0.05, 0) is 24.7 Å². The summed E-state index contributed by atoms with van der Waals surface area (Å²) >= 11 is 3.56. The van der Waals surface area contributed by atoms with Gasteiger partial charge in [-0.3, -0.25) is 9.59 Å². The van der Waals surface area contributed by atoms with Crippen molar-refractivity contribution in [3.8, 4) is 0 Å². The lowest BCUT2D eigenvalue weighted by Gasteiger charge is -2.30. The van der Waals surface area contributed by atoms with E-state index in [0.29, 0.717) is 19.5 Å². The molecule has 0 saturated carbocycles. The quantitative estimate of drug-likeness (QED) is 0.328. The maximum atomic E-state index is 13.0. The standard InChI is InChI=1S/C21H28N2O5S2/c1-2-27-21(26)18-17(28-18)19(24)22-16(20(25)23-9-12-29-13-10-23)8-11-30-14-15-6-4-3-5-7-15/h3-7,16-18H,2,8-14H2,1H3,(H,22,24)/t16-,17-,18-/m0/s1. The van der Waals surface area contributed by atoms with Crippen molar-refractivity contribution in [3.63, 3.8) is 0 Å². The maximum Gasteiger partial charge on any atom is 0.338 e. The largest absolute Gasteiger partial charge is 0.464 e. The molecule has 0 aliphatic carbocycles. The van der Waals surface area contributed by atoms with Crippen LogP contribution in [0, 0.1) is 0 Å².